The van der Waals surface area contributed by atoms with Gasteiger partial charge in [-0.2, -0.15) is 5.70 Å². The van der Waals surface area contributed by atoms with E-state index in [0.717, 1.165) is 55.2 Å². The summed E-state index contributed by atoms with van der Waals surface area (Å²) in [5.41, 5.74) is 8.07. The van der Waals surface area contributed by atoms with Crippen molar-refractivity contribution in [2.75, 3.05) is 0 Å². The zero-order chi connectivity index (χ0) is 31.8. The zero-order valence-electron chi connectivity index (χ0n) is 27.7. The molecule has 2 heterocycles. The molecule has 0 aliphatic rings. The van der Waals surface area contributed by atoms with Crippen molar-refractivity contribution in [2.45, 2.75) is 79.7 Å². The van der Waals surface area contributed by atoms with Gasteiger partial charge in [0.05, 0.1) is 5.52 Å². The molecule has 0 bridgehead atoms. The largest absolute Gasteiger partial charge is 0.686 e. The molecule has 0 atom stereocenters. The fraction of sp³-hybridized carbons (Fsp3) is 0.300. The van der Waals surface area contributed by atoms with E-state index in [0.29, 0.717) is 5.92 Å². The number of furan rings is 1. The Bertz CT molecular complexity index is 2030. The molecule has 0 spiro atoms. The number of carbonyl (C=O) groups is 1. The molecule has 0 saturated heterocycles. The van der Waals surface area contributed by atoms with Crippen LogP contribution in [-0.2, 0) is 30.3 Å². The quantitative estimate of drug-likeness (QED) is 0.129. The van der Waals surface area contributed by atoms with Crippen LogP contribution in [-0.4, -0.2) is 16.8 Å². The number of ketones is 1. The minimum absolute atomic E-state index is 0. The third-order valence-electron chi connectivity index (χ3n) is 7.70. The molecule has 0 fully saturated rings. The van der Waals surface area contributed by atoms with E-state index in [1.54, 1.807) is 6.08 Å². The first-order valence-corrected chi connectivity index (χ1v) is 15.4. The van der Waals surface area contributed by atoms with Crippen LogP contribution in [0.2, 0.25) is 0 Å². The number of allylic oxidation sites excluding steroid dienone is 2. The number of hydrogen-bond donors (Lipinski definition) is 0. The molecule has 0 N–H and O–H groups in total. The number of para-hydroxylation sites is 2. The van der Waals surface area contributed by atoms with Crippen molar-refractivity contribution in [2.24, 2.45) is 0 Å². The third kappa shape index (κ3) is 7.21. The first-order valence-electron chi connectivity index (χ1n) is 15.4. The normalized spacial score (nSPS) is 12.1. The van der Waals surface area contributed by atoms with Gasteiger partial charge in [0, 0.05) is 42.0 Å². The zero-order valence-corrected chi connectivity index (χ0v) is 30.1. The maximum atomic E-state index is 10.5. The molecule has 4 aromatic carbocycles. The second-order valence-electron chi connectivity index (χ2n) is 13.2. The van der Waals surface area contributed by atoms with Crippen molar-refractivity contribution in [1.29, 1.82) is 0 Å². The van der Waals surface area contributed by atoms with Gasteiger partial charge in [0.15, 0.2) is 5.78 Å². The van der Waals surface area contributed by atoms with Gasteiger partial charge in [-0.3, -0.25) is 9.78 Å². The summed E-state index contributed by atoms with van der Waals surface area (Å²) < 4.78 is 6.65. The number of carbonyl (C=O) groups excluding carboxylic acids is 1. The molecule has 235 valence electrons. The van der Waals surface area contributed by atoms with E-state index in [1.165, 1.54) is 23.4 Å². The summed E-state index contributed by atoms with van der Waals surface area (Å²) in [6, 6.07) is 29.5. The summed E-state index contributed by atoms with van der Waals surface area (Å²) in [4.78, 5) is 15.7. The predicted molar refractivity (Wildman–Crippen MR) is 187 cm³/mol. The molecular formula is C40H42IrN2O2-2. The molecule has 6 rings (SSSR count). The van der Waals surface area contributed by atoms with E-state index in [9.17, 15) is 4.79 Å². The first kappa shape index (κ1) is 34.1. The van der Waals surface area contributed by atoms with Gasteiger partial charge in [0.25, 0.3) is 0 Å². The van der Waals surface area contributed by atoms with Crippen LogP contribution in [0.5, 0.6) is 0 Å². The second-order valence-corrected chi connectivity index (χ2v) is 13.2. The Morgan fingerprint density at radius 1 is 0.867 bits per heavy atom. The number of nitrogens with zero attached hydrogens (tertiary/aromatic N) is 2. The molecule has 1 radical (unpaired) electrons. The summed E-state index contributed by atoms with van der Waals surface area (Å²) in [5, 5.41) is 9.75. The van der Waals surface area contributed by atoms with Crippen molar-refractivity contribution in [3.8, 4) is 11.3 Å². The minimum Gasteiger partial charge on any atom is -0.686 e. The van der Waals surface area contributed by atoms with E-state index in [4.69, 9.17) is 9.40 Å². The molecule has 0 unspecified atom stereocenters. The van der Waals surface area contributed by atoms with E-state index < -0.39 is 0 Å². The van der Waals surface area contributed by atoms with Gasteiger partial charge >= 0.3 is 0 Å². The predicted octanol–water partition coefficient (Wildman–Crippen LogP) is 11.4. The number of rotatable bonds is 5. The van der Waals surface area contributed by atoms with Crippen LogP contribution in [0, 0.1) is 6.07 Å². The number of fused-ring (bicyclic) bond motifs is 6. The Hall–Kier alpha value is -3.79. The Kier molecular flexibility index (Phi) is 10.4. The monoisotopic (exact) mass is 775 g/mol. The maximum absolute atomic E-state index is 10.5. The smallest absolute Gasteiger partial charge is 0.151 e. The Balaban J connectivity index is 0.000000365. The maximum Gasteiger partial charge on any atom is 0.151 e. The Morgan fingerprint density at radius 2 is 1.51 bits per heavy atom. The van der Waals surface area contributed by atoms with Gasteiger partial charge < -0.3 is 9.73 Å². The van der Waals surface area contributed by atoms with Crippen LogP contribution in [0.3, 0.4) is 0 Å². The van der Waals surface area contributed by atoms with Crippen molar-refractivity contribution in [3.05, 3.63) is 107 Å². The van der Waals surface area contributed by atoms with Crippen LogP contribution in [0.1, 0.15) is 79.4 Å². The second kappa shape index (κ2) is 13.7. The van der Waals surface area contributed by atoms with Crippen LogP contribution < -0.4 is 0 Å². The third-order valence-corrected chi connectivity index (χ3v) is 7.70. The average Bonchev–Trinajstić information content (AvgIpc) is 3.35. The Labute approximate surface area is 280 Å². The molecule has 0 aliphatic carbocycles. The van der Waals surface area contributed by atoms with Crippen molar-refractivity contribution < 1.29 is 29.3 Å². The topological polar surface area (TPSA) is 57.2 Å². The molecule has 0 saturated carbocycles. The fourth-order valence-corrected chi connectivity index (χ4v) is 5.87. The van der Waals surface area contributed by atoms with Gasteiger partial charge in [-0.15, -0.1) is 35.2 Å². The summed E-state index contributed by atoms with van der Waals surface area (Å²) in [5.74, 6) is 0.425. The molecule has 5 heteroatoms. The standard InChI is InChI=1S/C32H28NO.C8H15NO.Ir/c1-19(2)22-14-10-15-25-28-29(33-27-16-9-8-13-24(27)31(28)34-30(22)25)21-17-20-11-6-7-12-23(20)26(18-21)32(3,4)5;1-6(2)9-7(3)5-8(4)10;/h6-16,18-19H,1-5H3;5-6H,1-4H3,(H,9,10);/q-1;;/p-1. The van der Waals surface area contributed by atoms with Crippen LogP contribution in [0.4, 0.5) is 0 Å². The molecule has 45 heavy (non-hydrogen) atoms. The molecule has 6 aromatic rings. The SMILES string of the molecule is CC(=O)/C=C(/C)[N-]C(C)C.CC(C)c1cccc2c1oc1c3ccccc3nc(-c3[c-]c4ccccc4c(C(C)(C)C)c3)c21.[Ir]. The summed E-state index contributed by atoms with van der Waals surface area (Å²) >= 11 is 0. The van der Waals surface area contributed by atoms with E-state index in [-0.39, 0.29) is 37.3 Å². The van der Waals surface area contributed by atoms with Crippen molar-refractivity contribution in [1.82, 2.24) is 4.98 Å². The molecular weight excluding hydrogens is 733 g/mol. The molecule has 0 amide bonds. The van der Waals surface area contributed by atoms with Crippen LogP contribution in [0.15, 0.2) is 89.0 Å². The number of hydrogen-bond acceptors (Lipinski definition) is 3. The van der Waals surface area contributed by atoms with Gasteiger partial charge in [0.1, 0.15) is 11.2 Å². The van der Waals surface area contributed by atoms with Gasteiger partial charge in [-0.25, -0.2) is 0 Å². The minimum atomic E-state index is -0.0112. The van der Waals surface area contributed by atoms with Crippen molar-refractivity contribution in [3.63, 3.8) is 0 Å². The molecule has 2 aromatic heterocycles. The van der Waals surface area contributed by atoms with Crippen LogP contribution >= 0.6 is 0 Å². The first-order chi connectivity index (χ1) is 20.8. The van der Waals surface area contributed by atoms with E-state index in [1.807, 2.05) is 26.8 Å². The number of pyridine rings is 1. The van der Waals surface area contributed by atoms with E-state index in [2.05, 4.69) is 113 Å². The van der Waals surface area contributed by atoms with Crippen LogP contribution in [0.25, 0.3) is 60.2 Å². The number of benzene rings is 4. The van der Waals surface area contributed by atoms with Gasteiger partial charge in [0.2, 0.25) is 0 Å². The van der Waals surface area contributed by atoms with E-state index >= 15 is 0 Å². The Morgan fingerprint density at radius 3 is 2.16 bits per heavy atom. The molecule has 4 nitrogen and oxygen atoms in total. The summed E-state index contributed by atoms with van der Waals surface area (Å²) in [6.07, 6.45) is 1.54. The average molecular weight is 775 g/mol. The summed E-state index contributed by atoms with van der Waals surface area (Å²) in [7, 11) is 0. The summed E-state index contributed by atoms with van der Waals surface area (Å²) in [6.45, 7) is 18.6. The van der Waals surface area contributed by atoms with Gasteiger partial charge in [-0.1, -0.05) is 115 Å². The van der Waals surface area contributed by atoms with Gasteiger partial charge in [-0.05, 0) is 42.0 Å². The number of aromatic nitrogens is 1. The van der Waals surface area contributed by atoms with Crippen molar-refractivity contribution >= 4 is 49.4 Å². The molecule has 0 aliphatic heterocycles. The fourth-order valence-electron chi connectivity index (χ4n) is 5.87.